The van der Waals surface area contributed by atoms with E-state index in [1.807, 2.05) is 32.9 Å². The zero-order valence-electron chi connectivity index (χ0n) is 9.92. The number of allylic oxidation sites excluding steroid dienone is 2. The van der Waals surface area contributed by atoms with Crippen LogP contribution in [0.1, 0.15) is 40.4 Å². The second kappa shape index (κ2) is 4.92. The molecular formula is C14H18O. The van der Waals surface area contributed by atoms with E-state index >= 15 is 0 Å². The molecule has 1 aromatic carbocycles. The molecule has 1 nitrogen and oxygen atoms in total. The Labute approximate surface area is 91.8 Å². The lowest BCUT2D eigenvalue weighted by molar-refractivity contribution is 0.104. The molecule has 0 fully saturated rings. The first kappa shape index (κ1) is 11.7. The SMILES string of the molecule is CC/C=C/C(=O)c1cc(C)c(C)cc1C. The molecule has 0 aromatic heterocycles. The van der Waals surface area contributed by atoms with Crippen molar-refractivity contribution in [3.05, 3.63) is 46.5 Å². The van der Waals surface area contributed by atoms with Crippen LogP contribution in [-0.4, -0.2) is 5.78 Å². The lowest BCUT2D eigenvalue weighted by Crippen LogP contribution is -1.99. The molecule has 0 aliphatic heterocycles. The largest absolute Gasteiger partial charge is 0.289 e. The zero-order valence-corrected chi connectivity index (χ0v) is 9.92. The summed E-state index contributed by atoms with van der Waals surface area (Å²) in [5.41, 5.74) is 4.30. The number of hydrogen-bond acceptors (Lipinski definition) is 1. The smallest absolute Gasteiger partial charge is 0.185 e. The number of aryl methyl sites for hydroxylation is 3. The van der Waals surface area contributed by atoms with Crippen molar-refractivity contribution in [1.82, 2.24) is 0 Å². The Balaban J connectivity index is 3.09. The third-order valence-corrected chi connectivity index (χ3v) is 2.61. The van der Waals surface area contributed by atoms with Gasteiger partial charge < -0.3 is 0 Å². The van der Waals surface area contributed by atoms with Crippen LogP contribution < -0.4 is 0 Å². The fraction of sp³-hybridized carbons (Fsp3) is 0.357. The van der Waals surface area contributed by atoms with Crippen LogP contribution >= 0.6 is 0 Å². The Morgan fingerprint density at radius 2 is 1.73 bits per heavy atom. The Morgan fingerprint density at radius 1 is 1.13 bits per heavy atom. The lowest BCUT2D eigenvalue weighted by atomic mass is 9.98. The van der Waals surface area contributed by atoms with E-state index in [9.17, 15) is 4.79 Å². The van der Waals surface area contributed by atoms with Gasteiger partial charge in [-0.25, -0.2) is 0 Å². The Bertz CT molecular complexity index is 400. The van der Waals surface area contributed by atoms with E-state index in [-0.39, 0.29) is 5.78 Å². The molecule has 0 amide bonds. The van der Waals surface area contributed by atoms with Gasteiger partial charge in [-0.1, -0.05) is 19.1 Å². The second-order valence-electron chi connectivity index (χ2n) is 3.93. The molecule has 1 heteroatoms. The molecule has 0 saturated heterocycles. The summed E-state index contributed by atoms with van der Waals surface area (Å²) in [4.78, 5) is 11.8. The highest BCUT2D eigenvalue weighted by molar-refractivity contribution is 6.05. The number of benzene rings is 1. The first-order chi connectivity index (χ1) is 7.06. The van der Waals surface area contributed by atoms with Crippen molar-refractivity contribution in [2.45, 2.75) is 34.1 Å². The summed E-state index contributed by atoms with van der Waals surface area (Å²) in [6.45, 7) is 8.12. The van der Waals surface area contributed by atoms with E-state index in [0.717, 1.165) is 17.5 Å². The molecule has 0 heterocycles. The number of hydrogen-bond donors (Lipinski definition) is 0. The summed E-state index contributed by atoms with van der Waals surface area (Å²) in [6, 6.07) is 4.05. The molecule has 0 aliphatic rings. The summed E-state index contributed by atoms with van der Waals surface area (Å²) in [7, 11) is 0. The van der Waals surface area contributed by atoms with E-state index < -0.39 is 0 Å². The third kappa shape index (κ3) is 2.79. The van der Waals surface area contributed by atoms with E-state index in [1.54, 1.807) is 6.08 Å². The first-order valence-corrected chi connectivity index (χ1v) is 5.35. The number of carbonyl (C=O) groups is 1. The monoisotopic (exact) mass is 202 g/mol. The van der Waals surface area contributed by atoms with Crippen LogP contribution in [0.5, 0.6) is 0 Å². The van der Waals surface area contributed by atoms with Crippen LogP contribution in [0, 0.1) is 20.8 Å². The molecular weight excluding hydrogens is 184 g/mol. The summed E-state index contributed by atoms with van der Waals surface area (Å²) in [5.74, 6) is 0.109. The van der Waals surface area contributed by atoms with E-state index in [0.29, 0.717) is 0 Å². The fourth-order valence-corrected chi connectivity index (χ4v) is 1.54. The lowest BCUT2D eigenvalue weighted by Gasteiger charge is -2.06. The average Bonchev–Trinajstić information content (AvgIpc) is 2.20. The summed E-state index contributed by atoms with van der Waals surface area (Å²) < 4.78 is 0. The Morgan fingerprint density at radius 3 is 2.33 bits per heavy atom. The van der Waals surface area contributed by atoms with Gasteiger partial charge in [-0.3, -0.25) is 4.79 Å². The molecule has 80 valence electrons. The summed E-state index contributed by atoms with van der Waals surface area (Å²) in [5, 5.41) is 0. The minimum Gasteiger partial charge on any atom is -0.289 e. The highest BCUT2D eigenvalue weighted by Gasteiger charge is 2.07. The topological polar surface area (TPSA) is 17.1 Å². The fourth-order valence-electron chi connectivity index (χ4n) is 1.54. The standard InChI is InChI=1S/C14H18O/c1-5-6-7-14(15)13-9-11(3)10(2)8-12(13)4/h6-9H,5H2,1-4H3/b7-6+. The molecule has 0 saturated carbocycles. The summed E-state index contributed by atoms with van der Waals surface area (Å²) in [6.07, 6.45) is 4.46. The van der Waals surface area contributed by atoms with Gasteiger partial charge in [-0.05, 0) is 56.0 Å². The maximum atomic E-state index is 11.8. The van der Waals surface area contributed by atoms with Crippen LogP contribution in [0.25, 0.3) is 0 Å². The van der Waals surface area contributed by atoms with Gasteiger partial charge in [0.25, 0.3) is 0 Å². The number of rotatable bonds is 3. The van der Waals surface area contributed by atoms with Gasteiger partial charge >= 0.3 is 0 Å². The molecule has 0 atom stereocenters. The van der Waals surface area contributed by atoms with Crippen molar-refractivity contribution in [2.75, 3.05) is 0 Å². The van der Waals surface area contributed by atoms with Crippen LogP contribution in [0.4, 0.5) is 0 Å². The van der Waals surface area contributed by atoms with Gasteiger partial charge in [0, 0.05) is 5.56 Å². The average molecular weight is 202 g/mol. The number of carbonyl (C=O) groups excluding carboxylic acids is 1. The van der Waals surface area contributed by atoms with Gasteiger partial charge in [-0.2, -0.15) is 0 Å². The number of ketones is 1. The van der Waals surface area contributed by atoms with Crippen LogP contribution in [0.2, 0.25) is 0 Å². The van der Waals surface area contributed by atoms with Gasteiger partial charge in [0.05, 0.1) is 0 Å². The Hall–Kier alpha value is -1.37. The van der Waals surface area contributed by atoms with Crippen molar-refractivity contribution in [3.8, 4) is 0 Å². The van der Waals surface area contributed by atoms with Gasteiger partial charge in [0.1, 0.15) is 0 Å². The molecule has 0 unspecified atom stereocenters. The highest BCUT2D eigenvalue weighted by Crippen LogP contribution is 2.16. The molecule has 0 radical (unpaired) electrons. The molecule has 0 N–H and O–H groups in total. The first-order valence-electron chi connectivity index (χ1n) is 5.35. The highest BCUT2D eigenvalue weighted by atomic mass is 16.1. The van der Waals surface area contributed by atoms with Crippen LogP contribution in [0.15, 0.2) is 24.3 Å². The van der Waals surface area contributed by atoms with Crippen LogP contribution in [-0.2, 0) is 0 Å². The molecule has 0 aliphatic carbocycles. The van der Waals surface area contributed by atoms with Crippen molar-refractivity contribution < 1.29 is 4.79 Å². The normalized spacial score (nSPS) is 10.9. The van der Waals surface area contributed by atoms with Crippen molar-refractivity contribution in [2.24, 2.45) is 0 Å². The maximum Gasteiger partial charge on any atom is 0.185 e. The minimum absolute atomic E-state index is 0.109. The van der Waals surface area contributed by atoms with Gasteiger partial charge in [0.2, 0.25) is 0 Å². The van der Waals surface area contributed by atoms with Gasteiger partial charge in [0.15, 0.2) is 5.78 Å². The van der Waals surface area contributed by atoms with Crippen molar-refractivity contribution in [3.63, 3.8) is 0 Å². The predicted molar refractivity (Wildman–Crippen MR) is 64.4 cm³/mol. The molecule has 0 bridgehead atoms. The zero-order chi connectivity index (χ0) is 11.4. The molecule has 0 spiro atoms. The van der Waals surface area contributed by atoms with E-state index in [4.69, 9.17) is 0 Å². The third-order valence-electron chi connectivity index (χ3n) is 2.61. The van der Waals surface area contributed by atoms with Gasteiger partial charge in [-0.15, -0.1) is 0 Å². The quantitative estimate of drug-likeness (QED) is 0.538. The molecule has 15 heavy (non-hydrogen) atoms. The van der Waals surface area contributed by atoms with E-state index in [1.165, 1.54) is 11.1 Å². The minimum atomic E-state index is 0.109. The van der Waals surface area contributed by atoms with E-state index in [2.05, 4.69) is 13.0 Å². The van der Waals surface area contributed by atoms with Crippen molar-refractivity contribution in [1.29, 1.82) is 0 Å². The maximum absolute atomic E-state index is 11.8. The van der Waals surface area contributed by atoms with Crippen molar-refractivity contribution >= 4 is 5.78 Å². The Kier molecular flexibility index (Phi) is 3.84. The second-order valence-corrected chi connectivity index (χ2v) is 3.93. The molecule has 1 rings (SSSR count). The van der Waals surface area contributed by atoms with Crippen LogP contribution in [0.3, 0.4) is 0 Å². The molecule has 1 aromatic rings. The summed E-state index contributed by atoms with van der Waals surface area (Å²) >= 11 is 0. The predicted octanol–water partition coefficient (Wildman–Crippen LogP) is 3.76.